The van der Waals surface area contributed by atoms with Gasteiger partial charge >= 0.3 is 5.69 Å². The van der Waals surface area contributed by atoms with Crippen LogP contribution in [0, 0.1) is 5.92 Å². The summed E-state index contributed by atoms with van der Waals surface area (Å²) in [6, 6.07) is 0. The lowest BCUT2D eigenvalue weighted by molar-refractivity contribution is 0.101. The first-order valence-electron chi connectivity index (χ1n) is 4.77. The second-order valence-electron chi connectivity index (χ2n) is 3.87. The molecular formula is C10H14N2O3. The van der Waals surface area contributed by atoms with E-state index in [9.17, 15) is 14.4 Å². The lowest BCUT2D eigenvalue weighted by atomic mass is 10.2. The summed E-state index contributed by atoms with van der Waals surface area (Å²) in [5, 5.41) is 0. The van der Waals surface area contributed by atoms with E-state index in [2.05, 4.69) is 4.98 Å². The van der Waals surface area contributed by atoms with E-state index in [4.69, 9.17) is 0 Å². The third kappa shape index (κ3) is 2.43. The highest BCUT2D eigenvalue weighted by Gasteiger charge is 2.11. The van der Waals surface area contributed by atoms with Gasteiger partial charge in [-0.3, -0.25) is 14.2 Å². The summed E-state index contributed by atoms with van der Waals surface area (Å²) in [7, 11) is 0. The van der Waals surface area contributed by atoms with Crippen molar-refractivity contribution in [3.05, 3.63) is 32.6 Å². The minimum Gasteiger partial charge on any atom is -0.313 e. The summed E-state index contributed by atoms with van der Waals surface area (Å²) in [6.45, 7) is 5.41. The van der Waals surface area contributed by atoms with Crippen LogP contribution in [0.25, 0.3) is 0 Å². The van der Waals surface area contributed by atoms with Crippen molar-refractivity contribution in [2.75, 3.05) is 0 Å². The van der Waals surface area contributed by atoms with Gasteiger partial charge in [0.15, 0.2) is 5.78 Å². The van der Waals surface area contributed by atoms with Crippen LogP contribution in [0.15, 0.2) is 15.8 Å². The Labute approximate surface area is 86.8 Å². The van der Waals surface area contributed by atoms with Gasteiger partial charge in [0, 0.05) is 12.7 Å². The Hall–Kier alpha value is -1.65. The Morgan fingerprint density at radius 2 is 2.07 bits per heavy atom. The number of Topliss-reactive ketones (excluding diaryl/α,β-unsaturated/α-hetero) is 1. The van der Waals surface area contributed by atoms with Gasteiger partial charge in [0.05, 0.1) is 5.56 Å². The number of hydrogen-bond donors (Lipinski definition) is 1. The van der Waals surface area contributed by atoms with Crippen molar-refractivity contribution < 1.29 is 4.79 Å². The molecule has 0 amide bonds. The minimum atomic E-state index is -0.514. The molecule has 0 fully saturated rings. The number of nitrogens with one attached hydrogen (secondary N) is 1. The fourth-order valence-corrected chi connectivity index (χ4v) is 1.29. The van der Waals surface area contributed by atoms with Crippen LogP contribution in [0.2, 0.25) is 0 Å². The lowest BCUT2D eigenvalue weighted by Gasteiger charge is -2.07. The quantitative estimate of drug-likeness (QED) is 0.734. The van der Waals surface area contributed by atoms with Crippen molar-refractivity contribution in [1.82, 2.24) is 9.55 Å². The molecule has 0 spiro atoms. The number of ketones is 1. The first-order valence-corrected chi connectivity index (χ1v) is 4.77. The molecule has 5 heteroatoms. The first-order chi connectivity index (χ1) is 6.93. The Balaban J connectivity index is 3.37. The van der Waals surface area contributed by atoms with E-state index in [0.29, 0.717) is 6.54 Å². The van der Waals surface area contributed by atoms with Crippen LogP contribution in [0.5, 0.6) is 0 Å². The fourth-order valence-electron chi connectivity index (χ4n) is 1.29. The van der Waals surface area contributed by atoms with Gasteiger partial charge in [0.1, 0.15) is 0 Å². The van der Waals surface area contributed by atoms with Gasteiger partial charge in [0.25, 0.3) is 5.56 Å². The number of hydrogen-bond acceptors (Lipinski definition) is 3. The monoisotopic (exact) mass is 210 g/mol. The summed E-state index contributed by atoms with van der Waals surface area (Å²) in [5.41, 5.74) is -0.964. The molecule has 0 unspecified atom stereocenters. The van der Waals surface area contributed by atoms with Crippen molar-refractivity contribution in [1.29, 1.82) is 0 Å². The zero-order valence-corrected chi connectivity index (χ0v) is 9.03. The van der Waals surface area contributed by atoms with Crippen LogP contribution in [-0.2, 0) is 6.54 Å². The highest BCUT2D eigenvalue weighted by Crippen LogP contribution is 1.94. The molecule has 1 rings (SSSR count). The average molecular weight is 210 g/mol. The summed E-state index contributed by atoms with van der Waals surface area (Å²) in [6.07, 6.45) is 1.17. The predicted octanol–water partition coefficient (Wildman–Crippen LogP) is 0.395. The van der Waals surface area contributed by atoms with Gasteiger partial charge in [-0.15, -0.1) is 0 Å². The maximum absolute atomic E-state index is 11.7. The number of nitrogens with zero attached hydrogens (tertiary/aromatic N) is 1. The van der Waals surface area contributed by atoms with Gasteiger partial charge in [-0.25, -0.2) is 4.79 Å². The Morgan fingerprint density at radius 1 is 1.47 bits per heavy atom. The fraction of sp³-hybridized carbons (Fsp3) is 0.500. The average Bonchev–Trinajstić information content (AvgIpc) is 2.11. The summed E-state index contributed by atoms with van der Waals surface area (Å²) in [4.78, 5) is 36.5. The van der Waals surface area contributed by atoms with E-state index >= 15 is 0 Å². The molecule has 0 aliphatic heterocycles. The predicted molar refractivity (Wildman–Crippen MR) is 56.2 cm³/mol. The summed E-state index contributed by atoms with van der Waals surface area (Å²) < 4.78 is 1.06. The molecule has 0 radical (unpaired) electrons. The SMILES string of the molecule is CC(=O)c1c[nH]c(=O)n(CC(C)C)c1=O. The summed E-state index contributed by atoms with van der Waals surface area (Å²) >= 11 is 0. The molecule has 0 saturated carbocycles. The number of aromatic amines is 1. The molecule has 1 aromatic heterocycles. The standard InChI is InChI=1S/C10H14N2O3/c1-6(2)5-12-9(14)8(7(3)13)4-11-10(12)15/h4,6H,5H2,1-3H3,(H,11,15). The maximum Gasteiger partial charge on any atom is 0.328 e. The van der Waals surface area contributed by atoms with E-state index in [-0.39, 0.29) is 17.3 Å². The normalized spacial score (nSPS) is 10.7. The van der Waals surface area contributed by atoms with Crippen molar-refractivity contribution >= 4 is 5.78 Å². The van der Waals surface area contributed by atoms with Gasteiger partial charge in [-0.1, -0.05) is 13.8 Å². The minimum absolute atomic E-state index is 0.0234. The molecule has 0 atom stereocenters. The number of carbonyl (C=O) groups is 1. The second kappa shape index (κ2) is 4.25. The van der Waals surface area contributed by atoms with E-state index < -0.39 is 11.2 Å². The van der Waals surface area contributed by atoms with Crippen LogP contribution in [0.1, 0.15) is 31.1 Å². The van der Waals surface area contributed by atoms with Crippen LogP contribution >= 0.6 is 0 Å². The zero-order chi connectivity index (χ0) is 11.6. The van der Waals surface area contributed by atoms with Crippen LogP contribution in [0.4, 0.5) is 0 Å². The van der Waals surface area contributed by atoms with E-state index in [1.54, 1.807) is 0 Å². The molecular weight excluding hydrogens is 196 g/mol. The second-order valence-corrected chi connectivity index (χ2v) is 3.87. The molecule has 1 aromatic rings. The molecule has 0 aliphatic carbocycles. The van der Waals surface area contributed by atoms with Crippen molar-refractivity contribution in [3.8, 4) is 0 Å². The van der Waals surface area contributed by atoms with Crippen molar-refractivity contribution in [3.63, 3.8) is 0 Å². The number of carbonyl (C=O) groups excluding carboxylic acids is 1. The number of H-pyrrole nitrogens is 1. The molecule has 0 saturated heterocycles. The smallest absolute Gasteiger partial charge is 0.313 e. The highest BCUT2D eigenvalue weighted by atomic mass is 16.2. The largest absolute Gasteiger partial charge is 0.328 e. The zero-order valence-electron chi connectivity index (χ0n) is 9.03. The molecule has 0 aliphatic rings. The molecule has 82 valence electrons. The van der Waals surface area contributed by atoms with E-state index in [1.807, 2.05) is 13.8 Å². The van der Waals surface area contributed by atoms with E-state index in [0.717, 1.165) is 4.57 Å². The van der Waals surface area contributed by atoms with Gasteiger partial charge in [0.2, 0.25) is 0 Å². The van der Waals surface area contributed by atoms with Crippen LogP contribution in [0.3, 0.4) is 0 Å². The van der Waals surface area contributed by atoms with Gasteiger partial charge in [-0.05, 0) is 12.8 Å². The van der Waals surface area contributed by atoms with Gasteiger partial charge in [-0.2, -0.15) is 0 Å². The Bertz CT molecular complexity index is 482. The lowest BCUT2D eigenvalue weighted by Crippen LogP contribution is -2.38. The van der Waals surface area contributed by atoms with Crippen molar-refractivity contribution in [2.45, 2.75) is 27.3 Å². The Morgan fingerprint density at radius 3 is 2.53 bits per heavy atom. The third-order valence-electron chi connectivity index (χ3n) is 1.99. The van der Waals surface area contributed by atoms with Crippen LogP contribution < -0.4 is 11.2 Å². The van der Waals surface area contributed by atoms with Crippen molar-refractivity contribution in [2.24, 2.45) is 5.92 Å². The molecule has 1 N–H and O–H groups in total. The summed E-state index contributed by atoms with van der Waals surface area (Å²) in [5.74, 6) is -0.167. The topological polar surface area (TPSA) is 71.9 Å². The van der Waals surface area contributed by atoms with E-state index in [1.165, 1.54) is 13.1 Å². The molecule has 0 bridgehead atoms. The molecule has 1 heterocycles. The highest BCUT2D eigenvalue weighted by molar-refractivity contribution is 5.93. The Kier molecular flexibility index (Phi) is 3.24. The third-order valence-corrected chi connectivity index (χ3v) is 1.99. The number of aromatic nitrogens is 2. The van der Waals surface area contributed by atoms with Gasteiger partial charge < -0.3 is 4.98 Å². The van der Waals surface area contributed by atoms with Crippen LogP contribution in [-0.4, -0.2) is 15.3 Å². The molecule has 0 aromatic carbocycles. The first kappa shape index (κ1) is 11.4. The maximum atomic E-state index is 11.7. The number of rotatable bonds is 3. The molecule has 5 nitrogen and oxygen atoms in total. The molecule has 15 heavy (non-hydrogen) atoms.